The zero-order valence-electron chi connectivity index (χ0n) is 12.8. The molecule has 10 heteroatoms. The smallest absolute Gasteiger partial charge is 0.376 e. The van der Waals surface area contributed by atoms with Crippen LogP contribution in [0.5, 0.6) is 0 Å². The average molecular weight is 352 g/mol. The summed E-state index contributed by atoms with van der Waals surface area (Å²) in [4.78, 5) is 29.4. The molecule has 0 spiro atoms. The molecule has 0 aliphatic carbocycles. The summed E-state index contributed by atoms with van der Waals surface area (Å²) in [6.45, 7) is 1.75. The number of nitrogens with one attached hydrogen (secondary N) is 2. The first-order valence-electron chi connectivity index (χ1n) is 6.97. The van der Waals surface area contributed by atoms with Crippen LogP contribution >= 0.6 is 0 Å². The van der Waals surface area contributed by atoms with Gasteiger partial charge in [-0.1, -0.05) is 18.2 Å². The van der Waals surface area contributed by atoms with Gasteiger partial charge in [-0.05, 0) is 19.1 Å². The predicted octanol–water partition coefficient (Wildman–Crippen LogP) is 0.321. The Morgan fingerprint density at radius 3 is 2.62 bits per heavy atom. The van der Waals surface area contributed by atoms with Crippen LogP contribution in [0.2, 0.25) is 0 Å². The number of benzene rings is 1. The Labute approximate surface area is 138 Å². The molecule has 2 rings (SSSR count). The van der Waals surface area contributed by atoms with Crippen LogP contribution < -0.4 is 10.1 Å². The molecule has 1 heterocycles. The fourth-order valence-electron chi connectivity index (χ4n) is 1.76. The molecule has 0 aliphatic heterocycles. The lowest BCUT2D eigenvalue weighted by atomic mass is 10.2. The van der Waals surface area contributed by atoms with E-state index in [-0.39, 0.29) is 12.4 Å². The van der Waals surface area contributed by atoms with E-state index < -0.39 is 27.8 Å². The average Bonchev–Trinajstić information content (AvgIpc) is 3.01. The first kappa shape index (κ1) is 17.5. The van der Waals surface area contributed by atoms with Crippen molar-refractivity contribution in [3.05, 3.63) is 54.1 Å². The van der Waals surface area contributed by atoms with Crippen molar-refractivity contribution in [3.63, 3.8) is 0 Å². The van der Waals surface area contributed by atoms with E-state index in [1.807, 2.05) is 0 Å². The minimum Gasteiger partial charge on any atom is -0.460 e. The van der Waals surface area contributed by atoms with Crippen LogP contribution in [-0.2, 0) is 14.8 Å². The van der Waals surface area contributed by atoms with Gasteiger partial charge in [-0.2, -0.15) is 0 Å². The highest BCUT2D eigenvalue weighted by atomic mass is 32.2. The first-order chi connectivity index (χ1) is 11.4. The Morgan fingerprint density at radius 1 is 1.25 bits per heavy atom. The number of sulfonamides is 1. The summed E-state index contributed by atoms with van der Waals surface area (Å²) >= 11 is 0. The van der Waals surface area contributed by atoms with E-state index in [0.29, 0.717) is 5.56 Å². The minimum atomic E-state index is -3.95. The topological polar surface area (TPSA) is 119 Å². The van der Waals surface area contributed by atoms with E-state index in [9.17, 15) is 18.0 Å². The molecule has 0 saturated carbocycles. The highest BCUT2D eigenvalue weighted by molar-refractivity contribution is 7.92. The molecule has 2 N–H and O–H groups in total. The minimum absolute atomic E-state index is 0.131. The van der Waals surface area contributed by atoms with Gasteiger partial charge in [0.1, 0.15) is 5.88 Å². The molecule has 9 nitrogen and oxygen atoms in total. The van der Waals surface area contributed by atoms with Crippen LogP contribution in [-0.4, -0.2) is 42.4 Å². The molecular weight excluding hydrogens is 336 g/mol. The lowest BCUT2D eigenvalue weighted by Gasteiger charge is -2.11. The second kappa shape index (κ2) is 7.59. The molecule has 1 aromatic carbocycles. The highest BCUT2D eigenvalue weighted by Gasteiger charge is 2.19. The number of hydrogen-bond donors (Lipinski definition) is 2. The number of nitrogens with zero attached hydrogens (tertiary/aromatic N) is 2. The highest BCUT2D eigenvalue weighted by Crippen LogP contribution is 2.01. The Hall–Kier alpha value is -2.88. The number of esters is 1. The lowest BCUT2D eigenvalue weighted by Crippen LogP contribution is -2.36. The van der Waals surface area contributed by atoms with Gasteiger partial charge in [-0.25, -0.2) is 27.7 Å². The number of carbonyl (C=O) groups is 2. The van der Waals surface area contributed by atoms with Gasteiger partial charge in [0, 0.05) is 18.0 Å². The number of carbonyl (C=O) groups excluding carboxylic acids is 2. The number of imidazole rings is 1. The fraction of sp³-hybridized carbons (Fsp3) is 0.214. The van der Waals surface area contributed by atoms with Gasteiger partial charge >= 0.3 is 5.97 Å². The van der Waals surface area contributed by atoms with Gasteiger partial charge < -0.3 is 10.1 Å². The van der Waals surface area contributed by atoms with Crippen LogP contribution in [0.1, 0.15) is 27.9 Å². The quantitative estimate of drug-likeness (QED) is 0.693. The van der Waals surface area contributed by atoms with E-state index >= 15 is 0 Å². The maximum Gasteiger partial charge on any atom is 0.376 e. The SMILES string of the molecule is CCOC(=O)c1nccn1NS(=O)(=O)CNC(=O)c1ccccc1. The van der Waals surface area contributed by atoms with E-state index in [1.165, 1.54) is 12.4 Å². The van der Waals surface area contributed by atoms with Crippen molar-refractivity contribution < 1.29 is 22.7 Å². The van der Waals surface area contributed by atoms with Crippen molar-refractivity contribution in [3.8, 4) is 0 Å². The summed E-state index contributed by atoms with van der Waals surface area (Å²) in [5.41, 5.74) is 0.336. The zero-order chi connectivity index (χ0) is 17.6. The molecule has 0 aliphatic rings. The van der Waals surface area contributed by atoms with E-state index in [2.05, 4.69) is 15.1 Å². The maximum atomic E-state index is 12.0. The van der Waals surface area contributed by atoms with E-state index in [1.54, 1.807) is 37.3 Å². The Kier molecular flexibility index (Phi) is 5.53. The standard InChI is InChI=1S/C14H16N4O5S/c1-2-23-14(20)12-15-8-9-18(12)17-24(21,22)10-16-13(19)11-6-4-3-5-7-11/h3-9,17H,2,10H2,1H3,(H,16,19). The number of aromatic nitrogens is 2. The second-order valence-corrected chi connectivity index (χ2v) is 6.26. The number of rotatable bonds is 7. The van der Waals surface area contributed by atoms with Crippen molar-refractivity contribution in [1.82, 2.24) is 15.0 Å². The third-order valence-electron chi connectivity index (χ3n) is 2.79. The van der Waals surface area contributed by atoms with Crippen molar-refractivity contribution in [1.29, 1.82) is 0 Å². The van der Waals surface area contributed by atoms with Crippen molar-refractivity contribution in [2.24, 2.45) is 0 Å². The summed E-state index contributed by atoms with van der Waals surface area (Å²) < 4.78 is 29.8. The summed E-state index contributed by atoms with van der Waals surface area (Å²) in [5, 5.41) is 2.29. The number of ether oxygens (including phenoxy) is 1. The molecule has 0 unspecified atom stereocenters. The van der Waals surface area contributed by atoms with Gasteiger partial charge in [0.2, 0.25) is 5.82 Å². The lowest BCUT2D eigenvalue weighted by molar-refractivity contribution is 0.0509. The van der Waals surface area contributed by atoms with Gasteiger partial charge in [0.15, 0.2) is 0 Å². The van der Waals surface area contributed by atoms with Gasteiger partial charge in [0.25, 0.3) is 15.9 Å². The summed E-state index contributed by atoms with van der Waals surface area (Å²) in [5.74, 6) is -2.17. The molecule has 0 saturated heterocycles. The molecule has 0 bridgehead atoms. The third kappa shape index (κ3) is 4.56. The molecule has 1 amide bonds. The van der Waals surface area contributed by atoms with Gasteiger partial charge in [0.05, 0.1) is 6.61 Å². The number of hydrogen-bond acceptors (Lipinski definition) is 6. The molecule has 1 aromatic heterocycles. The van der Waals surface area contributed by atoms with E-state index in [4.69, 9.17) is 4.74 Å². The Morgan fingerprint density at radius 2 is 1.96 bits per heavy atom. The third-order valence-corrected chi connectivity index (χ3v) is 3.79. The maximum absolute atomic E-state index is 12.0. The first-order valence-corrected chi connectivity index (χ1v) is 8.62. The zero-order valence-corrected chi connectivity index (χ0v) is 13.6. The molecule has 0 atom stereocenters. The van der Waals surface area contributed by atoms with Crippen LogP contribution in [0.4, 0.5) is 0 Å². The van der Waals surface area contributed by atoms with Crippen LogP contribution in [0.3, 0.4) is 0 Å². The summed E-state index contributed by atoms with van der Waals surface area (Å²) in [7, 11) is -3.95. The molecule has 2 aromatic rings. The monoisotopic (exact) mass is 352 g/mol. The molecule has 0 radical (unpaired) electrons. The largest absolute Gasteiger partial charge is 0.460 e. The van der Waals surface area contributed by atoms with Crippen LogP contribution in [0.25, 0.3) is 0 Å². The molecule has 128 valence electrons. The summed E-state index contributed by atoms with van der Waals surface area (Å²) in [6.07, 6.45) is 2.50. The van der Waals surface area contributed by atoms with Crippen molar-refractivity contribution >= 4 is 21.9 Å². The fourth-order valence-corrected chi connectivity index (χ4v) is 2.59. The second-order valence-electron chi connectivity index (χ2n) is 4.56. The van der Waals surface area contributed by atoms with Gasteiger partial charge in [-0.15, -0.1) is 0 Å². The normalized spacial score (nSPS) is 10.9. The molecule has 0 fully saturated rings. The number of amides is 1. The van der Waals surface area contributed by atoms with Crippen molar-refractivity contribution in [2.45, 2.75) is 6.92 Å². The molecular formula is C14H16N4O5S. The van der Waals surface area contributed by atoms with Gasteiger partial charge in [-0.3, -0.25) is 4.79 Å². The predicted molar refractivity (Wildman–Crippen MR) is 85.2 cm³/mol. The van der Waals surface area contributed by atoms with Crippen LogP contribution in [0.15, 0.2) is 42.7 Å². The van der Waals surface area contributed by atoms with E-state index in [0.717, 1.165) is 4.68 Å². The summed E-state index contributed by atoms with van der Waals surface area (Å²) in [6, 6.07) is 8.19. The molecule has 24 heavy (non-hydrogen) atoms. The van der Waals surface area contributed by atoms with Crippen molar-refractivity contribution in [2.75, 3.05) is 17.3 Å². The van der Waals surface area contributed by atoms with Crippen LogP contribution in [0, 0.1) is 0 Å². The Balaban J connectivity index is 2.01. The Bertz CT molecular complexity index is 817.